The molecule has 1 aromatic heterocycles. The Morgan fingerprint density at radius 3 is 2.10 bits per heavy atom. The quantitative estimate of drug-likeness (QED) is 0.899. The van der Waals surface area contributed by atoms with Crippen LogP contribution in [0.25, 0.3) is 0 Å². The molecular weight excluding hydrogens is 246 g/mol. The van der Waals surface area contributed by atoms with Gasteiger partial charge in [0.15, 0.2) is 0 Å². The van der Waals surface area contributed by atoms with Crippen molar-refractivity contribution >= 4 is 0 Å². The van der Waals surface area contributed by atoms with Gasteiger partial charge in [-0.3, -0.25) is 0 Å². The van der Waals surface area contributed by atoms with Crippen molar-refractivity contribution in [1.29, 1.82) is 0 Å². The van der Waals surface area contributed by atoms with Crippen LogP contribution in [0.4, 0.5) is 0 Å². The minimum Gasteiger partial charge on any atom is -0.326 e. The number of nitrogens with two attached hydrogens (primary N) is 1. The largest absolute Gasteiger partial charge is 0.326 e. The third-order valence-corrected chi connectivity index (χ3v) is 6.10. The van der Waals surface area contributed by atoms with Gasteiger partial charge in [-0.25, -0.2) is 9.97 Å². The van der Waals surface area contributed by atoms with Gasteiger partial charge in [-0.05, 0) is 69.6 Å². The Hall–Kier alpha value is -0.960. The van der Waals surface area contributed by atoms with Crippen molar-refractivity contribution in [3.63, 3.8) is 0 Å². The highest BCUT2D eigenvalue weighted by atomic mass is 14.9. The Morgan fingerprint density at radius 2 is 1.55 bits per heavy atom. The Bertz CT molecular complexity index is 509. The Balaban J connectivity index is 1.78. The van der Waals surface area contributed by atoms with Gasteiger partial charge in [0.25, 0.3) is 0 Å². The van der Waals surface area contributed by atoms with Gasteiger partial charge in [0, 0.05) is 23.7 Å². The summed E-state index contributed by atoms with van der Waals surface area (Å²) in [6.07, 6.45) is 7.24. The molecule has 1 aromatic rings. The van der Waals surface area contributed by atoms with E-state index in [9.17, 15) is 0 Å². The van der Waals surface area contributed by atoms with Gasteiger partial charge in [-0.1, -0.05) is 0 Å². The van der Waals surface area contributed by atoms with E-state index in [1.807, 2.05) is 6.92 Å². The molecule has 5 rings (SSSR count). The molecule has 4 bridgehead atoms. The first-order valence-corrected chi connectivity index (χ1v) is 8.19. The summed E-state index contributed by atoms with van der Waals surface area (Å²) in [4.78, 5) is 9.39. The van der Waals surface area contributed by atoms with Crippen LogP contribution in [0.2, 0.25) is 0 Å². The first kappa shape index (κ1) is 12.8. The molecule has 0 aromatic carbocycles. The van der Waals surface area contributed by atoms with Crippen molar-refractivity contribution in [3.8, 4) is 0 Å². The molecule has 0 radical (unpaired) electrons. The molecule has 4 fully saturated rings. The van der Waals surface area contributed by atoms with Crippen molar-refractivity contribution in [2.75, 3.05) is 0 Å². The maximum atomic E-state index is 6.01. The average molecular weight is 271 g/mol. The topological polar surface area (TPSA) is 51.8 Å². The van der Waals surface area contributed by atoms with Crippen LogP contribution in [0.5, 0.6) is 0 Å². The van der Waals surface area contributed by atoms with Crippen LogP contribution in [-0.2, 0) is 6.54 Å². The lowest BCUT2D eigenvalue weighted by molar-refractivity contribution is -0.00456. The standard InChI is InChI=1S/C17H25N3/c1-9-15(8-18)17(20-10(2)19-9)16-13-4-11-3-12(6-13)7-14(16)5-11/h11-14,16H,3-8,18H2,1-2H3. The minimum absolute atomic E-state index is 0.588. The second-order valence-corrected chi connectivity index (χ2v) is 7.38. The lowest BCUT2D eigenvalue weighted by Crippen LogP contribution is -2.44. The highest BCUT2D eigenvalue weighted by Crippen LogP contribution is 2.59. The second kappa shape index (κ2) is 4.52. The van der Waals surface area contributed by atoms with Crippen LogP contribution in [-0.4, -0.2) is 9.97 Å². The maximum absolute atomic E-state index is 6.01. The number of hydrogen-bond donors (Lipinski definition) is 1. The molecule has 108 valence electrons. The average Bonchev–Trinajstić information content (AvgIpc) is 2.36. The van der Waals surface area contributed by atoms with E-state index in [-0.39, 0.29) is 0 Å². The predicted octanol–water partition coefficient (Wildman–Crippen LogP) is 3.09. The van der Waals surface area contributed by atoms with E-state index in [4.69, 9.17) is 10.7 Å². The van der Waals surface area contributed by atoms with Crippen LogP contribution in [0.1, 0.15) is 60.8 Å². The molecule has 3 nitrogen and oxygen atoms in total. The van der Waals surface area contributed by atoms with Crippen LogP contribution < -0.4 is 5.73 Å². The Morgan fingerprint density at radius 1 is 0.950 bits per heavy atom. The highest BCUT2D eigenvalue weighted by molar-refractivity contribution is 5.30. The lowest BCUT2D eigenvalue weighted by atomic mass is 9.51. The van der Waals surface area contributed by atoms with Gasteiger partial charge in [-0.15, -0.1) is 0 Å². The van der Waals surface area contributed by atoms with E-state index >= 15 is 0 Å². The van der Waals surface area contributed by atoms with Crippen molar-refractivity contribution in [2.45, 2.75) is 58.4 Å². The zero-order valence-corrected chi connectivity index (χ0v) is 12.6. The smallest absolute Gasteiger partial charge is 0.125 e. The summed E-state index contributed by atoms with van der Waals surface area (Å²) in [5, 5.41) is 0. The Kier molecular flexibility index (Phi) is 2.88. The first-order chi connectivity index (χ1) is 9.65. The number of hydrogen-bond acceptors (Lipinski definition) is 3. The van der Waals surface area contributed by atoms with Crippen molar-refractivity contribution < 1.29 is 0 Å². The maximum Gasteiger partial charge on any atom is 0.125 e. The molecule has 3 heteroatoms. The molecule has 1 heterocycles. The van der Waals surface area contributed by atoms with Crippen LogP contribution in [0.15, 0.2) is 0 Å². The fourth-order valence-electron chi connectivity index (χ4n) is 5.66. The van der Waals surface area contributed by atoms with Crippen LogP contribution >= 0.6 is 0 Å². The van der Waals surface area contributed by atoms with Crippen LogP contribution in [0.3, 0.4) is 0 Å². The summed E-state index contributed by atoms with van der Waals surface area (Å²) < 4.78 is 0. The molecule has 4 saturated carbocycles. The zero-order valence-electron chi connectivity index (χ0n) is 12.6. The van der Waals surface area contributed by atoms with Crippen LogP contribution in [0, 0.1) is 37.5 Å². The van der Waals surface area contributed by atoms with E-state index < -0.39 is 0 Å². The summed E-state index contributed by atoms with van der Waals surface area (Å²) in [6, 6.07) is 0. The summed E-state index contributed by atoms with van der Waals surface area (Å²) in [5.74, 6) is 5.35. The SMILES string of the molecule is Cc1nc(C)c(CN)c(C2C3CC4CC(C3)CC2C4)n1. The van der Waals surface area contributed by atoms with Gasteiger partial charge >= 0.3 is 0 Å². The highest BCUT2D eigenvalue weighted by Gasteiger charge is 2.49. The van der Waals surface area contributed by atoms with E-state index in [1.54, 1.807) is 0 Å². The molecule has 2 N–H and O–H groups in total. The van der Waals surface area contributed by atoms with E-state index in [0.29, 0.717) is 12.5 Å². The van der Waals surface area contributed by atoms with E-state index in [2.05, 4.69) is 11.9 Å². The van der Waals surface area contributed by atoms with Gasteiger partial charge in [0.05, 0.1) is 5.69 Å². The lowest BCUT2D eigenvalue weighted by Gasteiger charge is -2.54. The van der Waals surface area contributed by atoms with E-state index in [0.717, 1.165) is 35.2 Å². The molecule has 4 aliphatic rings. The summed E-state index contributed by atoms with van der Waals surface area (Å²) >= 11 is 0. The first-order valence-electron chi connectivity index (χ1n) is 8.19. The third-order valence-electron chi connectivity index (χ3n) is 6.10. The monoisotopic (exact) mass is 271 g/mol. The van der Waals surface area contributed by atoms with Gasteiger partial charge in [0.1, 0.15) is 5.82 Å². The summed E-state index contributed by atoms with van der Waals surface area (Å²) in [6.45, 7) is 4.70. The van der Waals surface area contributed by atoms with Crippen molar-refractivity contribution in [2.24, 2.45) is 29.4 Å². The normalized spacial score (nSPS) is 38.5. The zero-order chi connectivity index (χ0) is 13.9. The molecule has 0 unspecified atom stereocenters. The molecule has 0 aliphatic heterocycles. The summed E-state index contributed by atoms with van der Waals surface area (Å²) in [5.41, 5.74) is 9.66. The predicted molar refractivity (Wildman–Crippen MR) is 79.2 cm³/mol. The van der Waals surface area contributed by atoms with Crippen molar-refractivity contribution in [1.82, 2.24) is 9.97 Å². The number of rotatable bonds is 2. The fraction of sp³-hybridized carbons (Fsp3) is 0.765. The van der Waals surface area contributed by atoms with E-state index in [1.165, 1.54) is 43.4 Å². The second-order valence-electron chi connectivity index (χ2n) is 7.38. The molecule has 4 aliphatic carbocycles. The molecule has 0 amide bonds. The Labute approximate surface area is 121 Å². The fourth-order valence-corrected chi connectivity index (χ4v) is 5.66. The molecule has 0 spiro atoms. The van der Waals surface area contributed by atoms with Gasteiger partial charge in [-0.2, -0.15) is 0 Å². The molecule has 0 atom stereocenters. The number of nitrogens with zero attached hydrogens (tertiary/aromatic N) is 2. The summed E-state index contributed by atoms with van der Waals surface area (Å²) in [7, 11) is 0. The molecular formula is C17H25N3. The number of aromatic nitrogens is 2. The van der Waals surface area contributed by atoms with Crippen molar-refractivity contribution in [3.05, 3.63) is 22.8 Å². The third kappa shape index (κ3) is 1.82. The molecule has 20 heavy (non-hydrogen) atoms. The molecule has 0 saturated heterocycles. The van der Waals surface area contributed by atoms with Gasteiger partial charge in [0.2, 0.25) is 0 Å². The minimum atomic E-state index is 0.588. The van der Waals surface area contributed by atoms with Gasteiger partial charge < -0.3 is 5.73 Å². The number of aryl methyl sites for hydroxylation is 2.